The summed E-state index contributed by atoms with van der Waals surface area (Å²) < 4.78 is 35.3. The predicted octanol–water partition coefficient (Wildman–Crippen LogP) is -0.718. The Balaban J connectivity index is 2.10. The maximum Gasteiger partial charge on any atom is 0.449 e. The van der Waals surface area contributed by atoms with E-state index in [4.69, 9.17) is 4.55 Å². The highest BCUT2D eigenvalue weighted by atomic mass is 32.3. The van der Waals surface area contributed by atoms with Gasteiger partial charge in [-0.25, -0.2) is 5.01 Å². The van der Waals surface area contributed by atoms with Crippen molar-refractivity contribution >= 4 is 10.4 Å². The Morgan fingerprint density at radius 1 is 1.44 bits per heavy atom. The van der Waals surface area contributed by atoms with Crippen molar-refractivity contribution in [2.24, 2.45) is 0 Å². The van der Waals surface area contributed by atoms with E-state index < -0.39 is 10.4 Å². The van der Waals surface area contributed by atoms with Crippen molar-refractivity contribution in [2.45, 2.75) is 12.8 Å². The predicted molar refractivity (Wildman–Crippen MR) is 53.8 cm³/mol. The largest absolute Gasteiger partial charge is 0.449 e. The summed E-state index contributed by atoms with van der Waals surface area (Å²) in [7, 11) is -4.49. The van der Waals surface area contributed by atoms with Crippen molar-refractivity contribution in [3.05, 3.63) is 18.6 Å². The van der Waals surface area contributed by atoms with Gasteiger partial charge < -0.3 is 4.18 Å². The molecule has 2 heterocycles. The fourth-order valence-corrected chi connectivity index (χ4v) is 1.91. The lowest BCUT2D eigenvalue weighted by Crippen LogP contribution is -2.55. The number of aromatic nitrogens is 2. The second kappa shape index (κ2) is 4.22. The van der Waals surface area contributed by atoms with E-state index in [9.17, 15) is 8.42 Å². The first kappa shape index (κ1) is 11.1. The Morgan fingerprint density at radius 2 is 2.12 bits per heavy atom. The smallest absolute Gasteiger partial charge is 0.318 e. The van der Waals surface area contributed by atoms with Crippen LogP contribution in [0.5, 0.6) is 5.88 Å². The van der Waals surface area contributed by atoms with E-state index in [1.54, 1.807) is 10.9 Å². The normalized spacial score (nSPS) is 16.4. The molecule has 1 aliphatic heterocycles. The van der Waals surface area contributed by atoms with Gasteiger partial charge in [0, 0.05) is 0 Å². The molecule has 1 saturated heterocycles. The Kier molecular flexibility index (Phi) is 2.92. The summed E-state index contributed by atoms with van der Waals surface area (Å²) >= 11 is 0. The van der Waals surface area contributed by atoms with Crippen LogP contribution < -0.4 is 13.9 Å². The molecule has 8 heteroatoms. The third kappa shape index (κ3) is 2.80. The van der Waals surface area contributed by atoms with Gasteiger partial charge in [0.05, 0.1) is 19.2 Å². The quantitative estimate of drug-likeness (QED) is 0.560. The Bertz CT molecular complexity index is 453. The lowest BCUT2D eigenvalue weighted by molar-refractivity contribution is -0.694. The van der Waals surface area contributed by atoms with E-state index in [2.05, 4.69) is 14.2 Å². The third-order valence-corrected chi connectivity index (χ3v) is 2.65. The van der Waals surface area contributed by atoms with Crippen molar-refractivity contribution in [1.29, 1.82) is 0 Å². The van der Waals surface area contributed by atoms with E-state index in [1.165, 1.54) is 12.4 Å². The van der Waals surface area contributed by atoms with Gasteiger partial charge in [0.15, 0.2) is 0 Å². The SMILES string of the molecule is O=S(=O)(O)Oc1cc[n+](N2CCCC2)cn1. The number of hydrogen-bond acceptors (Lipinski definition) is 5. The van der Waals surface area contributed by atoms with Crippen LogP contribution in [0.2, 0.25) is 0 Å². The first-order chi connectivity index (χ1) is 7.54. The summed E-state index contributed by atoms with van der Waals surface area (Å²) in [5.41, 5.74) is 0. The first-order valence-electron chi connectivity index (χ1n) is 4.84. The zero-order valence-corrected chi connectivity index (χ0v) is 9.30. The summed E-state index contributed by atoms with van der Waals surface area (Å²) in [5.74, 6) is -0.155. The van der Waals surface area contributed by atoms with Crippen molar-refractivity contribution in [2.75, 3.05) is 18.1 Å². The number of nitrogens with zero attached hydrogens (tertiary/aromatic N) is 3. The second-order valence-electron chi connectivity index (χ2n) is 3.45. The minimum Gasteiger partial charge on any atom is -0.318 e. The molecule has 0 atom stereocenters. The molecule has 1 fully saturated rings. The van der Waals surface area contributed by atoms with Crippen LogP contribution in [0.1, 0.15) is 12.8 Å². The maximum absolute atomic E-state index is 10.4. The molecule has 2 rings (SSSR count). The van der Waals surface area contributed by atoms with E-state index >= 15 is 0 Å². The lowest BCUT2D eigenvalue weighted by atomic mass is 10.4. The van der Waals surface area contributed by atoms with Crippen LogP contribution >= 0.6 is 0 Å². The number of hydrogen-bond donors (Lipinski definition) is 1. The minimum atomic E-state index is -4.49. The van der Waals surface area contributed by atoms with Crippen molar-refractivity contribution < 1.29 is 21.8 Å². The van der Waals surface area contributed by atoms with Crippen molar-refractivity contribution in [3.8, 4) is 5.88 Å². The van der Waals surface area contributed by atoms with Crippen LogP contribution in [0.3, 0.4) is 0 Å². The Labute approximate surface area is 93.2 Å². The highest BCUT2D eigenvalue weighted by Crippen LogP contribution is 2.05. The van der Waals surface area contributed by atoms with Gasteiger partial charge in [-0.15, -0.1) is 4.68 Å². The van der Waals surface area contributed by atoms with Crippen molar-refractivity contribution in [3.63, 3.8) is 0 Å². The lowest BCUT2D eigenvalue weighted by Gasteiger charge is -2.12. The van der Waals surface area contributed by atoms with Gasteiger partial charge in [0.25, 0.3) is 0 Å². The molecule has 16 heavy (non-hydrogen) atoms. The molecule has 88 valence electrons. The van der Waals surface area contributed by atoms with E-state index in [1.807, 2.05) is 0 Å². The van der Waals surface area contributed by atoms with Crippen LogP contribution in [-0.4, -0.2) is 31.0 Å². The molecule has 0 bridgehead atoms. The van der Waals surface area contributed by atoms with Crippen molar-refractivity contribution in [1.82, 2.24) is 4.98 Å². The molecule has 0 aliphatic carbocycles. The summed E-state index contributed by atoms with van der Waals surface area (Å²) in [6.45, 7) is 1.90. The molecule has 1 aromatic rings. The van der Waals surface area contributed by atoms with Gasteiger partial charge in [0.2, 0.25) is 0 Å². The average Bonchev–Trinajstić information content (AvgIpc) is 2.69. The van der Waals surface area contributed by atoms with Crippen LogP contribution in [0.4, 0.5) is 0 Å². The fourth-order valence-electron chi connectivity index (χ4n) is 1.59. The first-order valence-corrected chi connectivity index (χ1v) is 6.20. The molecule has 0 aromatic carbocycles. The van der Waals surface area contributed by atoms with Gasteiger partial charge in [-0.1, -0.05) is 0 Å². The highest BCUT2D eigenvalue weighted by Gasteiger charge is 2.18. The Morgan fingerprint density at radius 3 is 2.62 bits per heavy atom. The third-order valence-electron chi connectivity index (χ3n) is 2.27. The zero-order valence-electron chi connectivity index (χ0n) is 8.48. The molecule has 7 nitrogen and oxygen atoms in total. The molecule has 1 N–H and O–H groups in total. The molecular weight excluding hydrogens is 234 g/mol. The average molecular weight is 246 g/mol. The maximum atomic E-state index is 10.4. The molecule has 0 spiro atoms. The molecule has 0 amide bonds. The van der Waals surface area contributed by atoms with Crippen LogP contribution in [0.15, 0.2) is 18.6 Å². The second-order valence-corrected chi connectivity index (χ2v) is 4.47. The molecule has 1 aliphatic rings. The van der Waals surface area contributed by atoms with Gasteiger partial charge in [0.1, 0.15) is 6.20 Å². The van der Waals surface area contributed by atoms with Crippen LogP contribution in [-0.2, 0) is 10.4 Å². The molecular formula is C8H12N3O4S+. The monoisotopic (exact) mass is 246 g/mol. The van der Waals surface area contributed by atoms with E-state index in [0.29, 0.717) is 0 Å². The minimum absolute atomic E-state index is 0.155. The standard InChI is InChI=1S/C8H11N3O4S/c12-16(13,14)15-8-3-6-11(7-9-8)10-4-1-2-5-10/h3,6-7H,1-2,4-5H2/p+1. The fraction of sp³-hybridized carbons (Fsp3) is 0.500. The van der Waals surface area contributed by atoms with Gasteiger partial charge in [-0.3, -0.25) is 4.55 Å². The Hall–Kier alpha value is -1.41. The summed E-state index contributed by atoms with van der Waals surface area (Å²) in [6.07, 6.45) is 5.36. The molecule has 0 saturated carbocycles. The molecule has 1 aromatic heterocycles. The van der Waals surface area contributed by atoms with Gasteiger partial charge in [-0.05, 0) is 17.8 Å². The highest BCUT2D eigenvalue weighted by molar-refractivity contribution is 7.81. The van der Waals surface area contributed by atoms with Crippen LogP contribution in [0.25, 0.3) is 0 Å². The number of rotatable bonds is 3. The van der Waals surface area contributed by atoms with Gasteiger partial charge >= 0.3 is 22.6 Å². The molecule has 0 radical (unpaired) electrons. The summed E-state index contributed by atoms with van der Waals surface area (Å²) in [6, 6.07) is 1.38. The molecule has 0 unspecified atom stereocenters. The topological polar surface area (TPSA) is 83.6 Å². The van der Waals surface area contributed by atoms with E-state index in [0.717, 1.165) is 25.9 Å². The van der Waals surface area contributed by atoms with E-state index in [-0.39, 0.29) is 5.88 Å². The zero-order chi connectivity index (χ0) is 11.6. The summed E-state index contributed by atoms with van der Waals surface area (Å²) in [4.78, 5) is 3.77. The van der Waals surface area contributed by atoms with Crippen LogP contribution in [0, 0.1) is 0 Å². The summed E-state index contributed by atoms with van der Waals surface area (Å²) in [5, 5.41) is 2.07. The van der Waals surface area contributed by atoms with Gasteiger partial charge in [-0.2, -0.15) is 8.42 Å².